The van der Waals surface area contributed by atoms with Crippen LogP contribution < -0.4 is 16.6 Å². The second-order valence-corrected chi connectivity index (χ2v) is 6.52. The van der Waals surface area contributed by atoms with Crippen molar-refractivity contribution in [1.82, 2.24) is 14.8 Å². The number of nitrogens with one attached hydrogen (secondary N) is 1. The number of carbonyl (C=O) groups excluding carboxylic acids is 1. The van der Waals surface area contributed by atoms with Gasteiger partial charge in [0.1, 0.15) is 0 Å². The van der Waals surface area contributed by atoms with Crippen LogP contribution in [0.4, 0.5) is 0 Å². The van der Waals surface area contributed by atoms with E-state index in [-0.39, 0.29) is 17.5 Å². The fourth-order valence-corrected chi connectivity index (χ4v) is 3.25. The molecule has 1 saturated heterocycles. The molecule has 3 rings (SSSR count). The second-order valence-electron chi connectivity index (χ2n) is 6.52. The number of hydrogen-bond donors (Lipinski definition) is 2. The molecule has 1 aliphatic rings. The standard InChI is InChI=1S/C18H24N4O2/c1-12-3-4-14-15(18(24)20-2)10-17(23)22(16(14)9-12)11-21-7-5-13(19)6-8-21/h3-4,9-10,13H,5-8,11,19H2,1-2H3,(H,20,24). The van der Waals surface area contributed by atoms with E-state index in [9.17, 15) is 9.59 Å². The van der Waals surface area contributed by atoms with Crippen LogP contribution in [0.5, 0.6) is 0 Å². The van der Waals surface area contributed by atoms with Crippen molar-refractivity contribution in [3.8, 4) is 0 Å². The highest BCUT2D eigenvalue weighted by Crippen LogP contribution is 2.20. The van der Waals surface area contributed by atoms with Crippen LogP contribution in [0.2, 0.25) is 0 Å². The van der Waals surface area contributed by atoms with E-state index in [1.54, 1.807) is 11.6 Å². The Labute approximate surface area is 141 Å². The van der Waals surface area contributed by atoms with Gasteiger partial charge in [-0.25, -0.2) is 0 Å². The topological polar surface area (TPSA) is 80.4 Å². The van der Waals surface area contributed by atoms with Crippen molar-refractivity contribution >= 4 is 16.8 Å². The van der Waals surface area contributed by atoms with Crippen LogP contribution in [0.15, 0.2) is 29.1 Å². The van der Waals surface area contributed by atoms with Crippen LogP contribution in [0.25, 0.3) is 10.9 Å². The van der Waals surface area contributed by atoms with Gasteiger partial charge in [-0.05, 0) is 31.4 Å². The summed E-state index contributed by atoms with van der Waals surface area (Å²) in [6, 6.07) is 7.54. The molecular weight excluding hydrogens is 304 g/mol. The maximum absolute atomic E-state index is 12.7. The minimum Gasteiger partial charge on any atom is -0.355 e. The van der Waals surface area contributed by atoms with Crippen molar-refractivity contribution in [3.05, 3.63) is 45.7 Å². The van der Waals surface area contributed by atoms with Crippen LogP contribution in [0.3, 0.4) is 0 Å². The van der Waals surface area contributed by atoms with Crippen molar-refractivity contribution in [1.29, 1.82) is 0 Å². The summed E-state index contributed by atoms with van der Waals surface area (Å²) < 4.78 is 1.76. The molecule has 0 spiro atoms. The van der Waals surface area contributed by atoms with Gasteiger partial charge in [-0.15, -0.1) is 0 Å². The third-order valence-electron chi connectivity index (χ3n) is 4.71. The predicted molar refractivity (Wildman–Crippen MR) is 95.1 cm³/mol. The lowest BCUT2D eigenvalue weighted by Gasteiger charge is -2.31. The maximum Gasteiger partial charge on any atom is 0.252 e. The van der Waals surface area contributed by atoms with E-state index in [1.165, 1.54) is 6.07 Å². The quantitative estimate of drug-likeness (QED) is 0.882. The highest BCUT2D eigenvalue weighted by atomic mass is 16.2. The number of piperidine rings is 1. The van der Waals surface area contributed by atoms with Gasteiger partial charge in [0.05, 0.1) is 17.7 Å². The molecule has 6 nitrogen and oxygen atoms in total. The van der Waals surface area contributed by atoms with E-state index in [0.717, 1.165) is 42.4 Å². The zero-order valence-electron chi connectivity index (χ0n) is 14.2. The molecule has 24 heavy (non-hydrogen) atoms. The van der Waals surface area contributed by atoms with Crippen molar-refractivity contribution < 1.29 is 4.79 Å². The molecule has 2 heterocycles. The van der Waals surface area contributed by atoms with E-state index in [0.29, 0.717) is 12.2 Å². The molecule has 0 saturated carbocycles. The molecule has 0 radical (unpaired) electrons. The van der Waals surface area contributed by atoms with Crippen LogP contribution in [-0.2, 0) is 6.67 Å². The maximum atomic E-state index is 12.7. The number of benzene rings is 1. The molecule has 0 atom stereocenters. The van der Waals surface area contributed by atoms with E-state index in [4.69, 9.17) is 5.73 Å². The van der Waals surface area contributed by atoms with E-state index in [1.807, 2.05) is 25.1 Å². The number of nitrogens with two attached hydrogens (primary N) is 1. The molecule has 1 fully saturated rings. The number of fused-ring (bicyclic) bond motifs is 1. The summed E-state index contributed by atoms with van der Waals surface area (Å²) in [6.07, 6.45) is 1.89. The largest absolute Gasteiger partial charge is 0.355 e. The third-order valence-corrected chi connectivity index (χ3v) is 4.71. The summed E-state index contributed by atoms with van der Waals surface area (Å²) in [5.41, 5.74) is 8.10. The summed E-state index contributed by atoms with van der Waals surface area (Å²) in [5.74, 6) is -0.239. The monoisotopic (exact) mass is 328 g/mol. The predicted octanol–water partition coefficient (Wildman–Crippen LogP) is 1.05. The van der Waals surface area contributed by atoms with Crippen LogP contribution >= 0.6 is 0 Å². The number of aryl methyl sites for hydroxylation is 1. The smallest absolute Gasteiger partial charge is 0.252 e. The van der Waals surface area contributed by atoms with Crippen molar-refractivity contribution in [2.75, 3.05) is 20.1 Å². The van der Waals surface area contributed by atoms with E-state index in [2.05, 4.69) is 10.2 Å². The summed E-state index contributed by atoms with van der Waals surface area (Å²) in [5, 5.41) is 3.41. The van der Waals surface area contributed by atoms with Crippen molar-refractivity contribution in [2.45, 2.75) is 32.5 Å². The first-order valence-corrected chi connectivity index (χ1v) is 8.34. The van der Waals surface area contributed by atoms with Gasteiger partial charge in [-0.3, -0.25) is 19.1 Å². The first kappa shape index (κ1) is 16.7. The molecule has 3 N–H and O–H groups in total. The lowest BCUT2D eigenvalue weighted by molar-refractivity contribution is 0.0964. The Bertz CT molecular complexity index is 820. The normalized spacial score (nSPS) is 16.5. The molecule has 1 aromatic carbocycles. The first-order chi connectivity index (χ1) is 11.5. The van der Waals surface area contributed by atoms with Gasteiger partial charge >= 0.3 is 0 Å². The number of likely N-dealkylation sites (tertiary alicyclic amines) is 1. The summed E-state index contributed by atoms with van der Waals surface area (Å²) >= 11 is 0. The lowest BCUT2D eigenvalue weighted by atomic mass is 10.1. The van der Waals surface area contributed by atoms with E-state index >= 15 is 0 Å². The van der Waals surface area contributed by atoms with E-state index < -0.39 is 0 Å². The molecular formula is C18H24N4O2. The average molecular weight is 328 g/mol. The molecule has 1 amide bonds. The number of nitrogens with zero attached hydrogens (tertiary/aromatic N) is 2. The molecule has 2 aromatic rings. The zero-order chi connectivity index (χ0) is 17.3. The SMILES string of the molecule is CNC(=O)c1cc(=O)n(CN2CCC(N)CC2)c2cc(C)ccc12. The van der Waals surface area contributed by atoms with Gasteiger partial charge in [0, 0.05) is 37.6 Å². The number of amides is 1. The molecule has 0 unspecified atom stereocenters. The minimum atomic E-state index is -0.239. The van der Waals surface area contributed by atoms with Gasteiger partial charge in [0.2, 0.25) is 0 Å². The van der Waals surface area contributed by atoms with Gasteiger partial charge in [-0.2, -0.15) is 0 Å². The number of hydrogen-bond acceptors (Lipinski definition) is 4. The molecule has 1 aromatic heterocycles. The Kier molecular flexibility index (Phi) is 4.69. The van der Waals surface area contributed by atoms with Crippen molar-refractivity contribution in [3.63, 3.8) is 0 Å². The Morgan fingerprint density at radius 3 is 2.67 bits per heavy atom. The van der Waals surface area contributed by atoms with Gasteiger partial charge in [-0.1, -0.05) is 12.1 Å². The number of aromatic nitrogens is 1. The second kappa shape index (κ2) is 6.75. The van der Waals surface area contributed by atoms with Crippen LogP contribution in [0.1, 0.15) is 28.8 Å². The summed E-state index contributed by atoms with van der Waals surface area (Å²) in [4.78, 5) is 27.0. The fraction of sp³-hybridized carbons (Fsp3) is 0.444. The Morgan fingerprint density at radius 1 is 1.29 bits per heavy atom. The Morgan fingerprint density at radius 2 is 2.00 bits per heavy atom. The lowest BCUT2D eigenvalue weighted by Crippen LogP contribution is -2.42. The van der Waals surface area contributed by atoms with Crippen LogP contribution in [-0.4, -0.2) is 41.6 Å². The zero-order valence-corrected chi connectivity index (χ0v) is 14.2. The molecule has 6 heteroatoms. The molecule has 0 bridgehead atoms. The van der Waals surface area contributed by atoms with Gasteiger partial charge < -0.3 is 11.1 Å². The number of carbonyl (C=O) groups is 1. The van der Waals surface area contributed by atoms with Gasteiger partial charge in [0.15, 0.2) is 0 Å². The third kappa shape index (κ3) is 3.20. The number of pyridine rings is 1. The summed E-state index contributed by atoms with van der Waals surface area (Å²) in [7, 11) is 1.57. The van der Waals surface area contributed by atoms with Crippen LogP contribution in [0, 0.1) is 6.92 Å². The highest BCUT2D eigenvalue weighted by molar-refractivity contribution is 6.06. The summed E-state index contributed by atoms with van der Waals surface area (Å²) in [6.45, 7) is 4.29. The van der Waals surface area contributed by atoms with Crippen molar-refractivity contribution in [2.24, 2.45) is 5.73 Å². The Balaban J connectivity index is 2.07. The molecule has 128 valence electrons. The number of rotatable bonds is 3. The molecule has 0 aliphatic carbocycles. The highest BCUT2D eigenvalue weighted by Gasteiger charge is 2.19. The van der Waals surface area contributed by atoms with Gasteiger partial charge in [0.25, 0.3) is 11.5 Å². The molecule has 1 aliphatic heterocycles. The first-order valence-electron chi connectivity index (χ1n) is 8.34. The fourth-order valence-electron chi connectivity index (χ4n) is 3.25. The minimum absolute atomic E-state index is 0.151. The Hall–Kier alpha value is -2.18. The average Bonchev–Trinajstić information content (AvgIpc) is 2.58.